The van der Waals surface area contributed by atoms with Crippen molar-refractivity contribution in [2.75, 3.05) is 18.1 Å². The van der Waals surface area contributed by atoms with Crippen molar-refractivity contribution in [1.29, 1.82) is 0 Å². The Morgan fingerprint density at radius 2 is 1.80 bits per heavy atom. The van der Waals surface area contributed by atoms with Gasteiger partial charge in [0.15, 0.2) is 6.61 Å². The summed E-state index contributed by atoms with van der Waals surface area (Å²) in [5.74, 6) is 3.32. The first-order valence-electron chi connectivity index (χ1n) is 8.36. The molecule has 3 rings (SSSR count). The van der Waals surface area contributed by atoms with E-state index in [0.717, 1.165) is 11.1 Å². The molecule has 0 bridgehead atoms. The second-order valence-electron chi connectivity index (χ2n) is 6.03. The summed E-state index contributed by atoms with van der Waals surface area (Å²) in [6.07, 6.45) is 1.29. The number of esters is 1. The Morgan fingerprint density at radius 3 is 2.48 bits per heavy atom. The summed E-state index contributed by atoms with van der Waals surface area (Å²) in [7, 11) is 0. The second-order valence-corrected chi connectivity index (χ2v) is 8.75. The van der Waals surface area contributed by atoms with E-state index in [1.54, 1.807) is 0 Å². The summed E-state index contributed by atoms with van der Waals surface area (Å²) >= 11 is 3.98. The highest BCUT2D eigenvalue weighted by molar-refractivity contribution is 8.16. The van der Waals surface area contributed by atoms with Crippen molar-refractivity contribution >= 4 is 29.5 Å². The van der Waals surface area contributed by atoms with Gasteiger partial charge in [-0.3, -0.25) is 0 Å². The lowest BCUT2D eigenvalue weighted by atomic mass is 10.1. The normalized spacial score (nSPS) is 15.0. The molecule has 0 unspecified atom stereocenters. The smallest absolute Gasteiger partial charge is 0.349 e. The lowest BCUT2D eigenvalue weighted by Gasteiger charge is -2.21. The van der Waals surface area contributed by atoms with Gasteiger partial charge in [0.25, 0.3) is 0 Å². The van der Waals surface area contributed by atoms with Crippen LogP contribution in [0.3, 0.4) is 0 Å². The standard InChI is InChI=1S/C20H22O3S2/c1-14-4-9-18(15(2)12-14)23-19(21)13-22-17-7-5-16(6-8-17)20-24-10-3-11-25-20/h4-9,12,20H,3,10-11,13H2,1-2H3. The molecule has 2 aromatic rings. The van der Waals surface area contributed by atoms with Crippen molar-refractivity contribution in [3.8, 4) is 11.5 Å². The fourth-order valence-corrected chi connectivity index (χ4v) is 5.50. The lowest BCUT2D eigenvalue weighted by molar-refractivity contribution is -0.136. The summed E-state index contributed by atoms with van der Waals surface area (Å²) < 4.78 is 11.4. The van der Waals surface area contributed by atoms with Crippen LogP contribution in [0.25, 0.3) is 0 Å². The summed E-state index contributed by atoms with van der Waals surface area (Å²) in [6.45, 7) is 3.84. The number of carbonyl (C=O) groups excluding carboxylic acids is 1. The van der Waals surface area contributed by atoms with Gasteiger partial charge in [0.2, 0.25) is 0 Å². The molecular weight excluding hydrogens is 352 g/mol. The van der Waals surface area contributed by atoms with Crippen LogP contribution in [-0.4, -0.2) is 24.1 Å². The van der Waals surface area contributed by atoms with Gasteiger partial charge in [0.05, 0.1) is 4.58 Å². The zero-order chi connectivity index (χ0) is 17.6. The van der Waals surface area contributed by atoms with Crippen LogP contribution < -0.4 is 9.47 Å². The summed E-state index contributed by atoms with van der Waals surface area (Å²) in [4.78, 5) is 12.0. The number of benzene rings is 2. The van der Waals surface area contributed by atoms with Crippen LogP contribution in [0.4, 0.5) is 0 Å². The maximum absolute atomic E-state index is 12.0. The molecule has 0 spiro atoms. The van der Waals surface area contributed by atoms with Gasteiger partial charge < -0.3 is 9.47 Å². The Balaban J connectivity index is 1.51. The predicted octanol–water partition coefficient (Wildman–Crippen LogP) is 5.16. The Hall–Kier alpha value is -1.59. The van der Waals surface area contributed by atoms with E-state index in [1.165, 1.54) is 23.5 Å². The van der Waals surface area contributed by atoms with E-state index in [4.69, 9.17) is 9.47 Å². The number of ether oxygens (including phenoxy) is 2. The van der Waals surface area contributed by atoms with Crippen molar-refractivity contribution in [2.45, 2.75) is 24.9 Å². The third-order valence-electron chi connectivity index (χ3n) is 3.89. The molecule has 0 saturated carbocycles. The topological polar surface area (TPSA) is 35.5 Å². The molecule has 1 heterocycles. The number of hydrogen-bond acceptors (Lipinski definition) is 5. The number of hydrogen-bond donors (Lipinski definition) is 0. The fourth-order valence-electron chi connectivity index (χ4n) is 2.61. The van der Waals surface area contributed by atoms with E-state index in [0.29, 0.717) is 16.1 Å². The summed E-state index contributed by atoms with van der Waals surface area (Å²) in [6, 6.07) is 13.8. The minimum Gasteiger partial charge on any atom is -0.482 e. The highest BCUT2D eigenvalue weighted by atomic mass is 32.2. The van der Waals surface area contributed by atoms with Gasteiger partial charge in [0.1, 0.15) is 11.5 Å². The van der Waals surface area contributed by atoms with E-state index in [1.807, 2.05) is 67.7 Å². The highest BCUT2D eigenvalue weighted by Gasteiger charge is 2.16. The van der Waals surface area contributed by atoms with E-state index < -0.39 is 5.97 Å². The molecule has 0 amide bonds. The van der Waals surface area contributed by atoms with Gasteiger partial charge in [-0.15, -0.1) is 23.5 Å². The molecule has 1 fully saturated rings. The SMILES string of the molecule is Cc1ccc(OC(=O)COc2ccc(C3SCCCS3)cc2)c(C)c1. The zero-order valence-electron chi connectivity index (χ0n) is 14.5. The summed E-state index contributed by atoms with van der Waals surface area (Å²) in [5.41, 5.74) is 3.39. The van der Waals surface area contributed by atoms with Crippen molar-refractivity contribution in [3.63, 3.8) is 0 Å². The molecule has 0 radical (unpaired) electrons. The quantitative estimate of drug-likeness (QED) is 0.534. The van der Waals surface area contributed by atoms with Crippen LogP contribution >= 0.6 is 23.5 Å². The molecule has 0 aromatic heterocycles. The Kier molecular flexibility index (Phi) is 6.32. The largest absolute Gasteiger partial charge is 0.482 e. The molecular formula is C20H22O3S2. The van der Waals surface area contributed by atoms with Crippen molar-refractivity contribution < 1.29 is 14.3 Å². The Bertz CT molecular complexity index is 722. The average Bonchev–Trinajstić information content (AvgIpc) is 2.63. The van der Waals surface area contributed by atoms with E-state index >= 15 is 0 Å². The van der Waals surface area contributed by atoms with Crippen molar-refractivity contribution in [2.24, 2.45) is 0 Å². The molecule has 25 heavy (non-hydrogen) atoms. The first-order valence-corrected chi connectivity index (χ1v) is 10.5. The van der Waals surface area contributed by atoms with E-state index in [2.05, 4.69) is 12.1 Å². The fraction of sp³-hybridized carbons (Fsp3) is 0.350. The van der Waals surface area contributed by atoms with Gasteiger partial charge in [-0.25, -0.2) is 4.79 Å². The molecule has 3 nitrogen and oxygen atoms in total. The van der Waals surface area contributed by atoms with Gasteiger partial charge in [0, 0.05) is 0 Å². The zero-order valence-corrected chi connectivity index (χ0v) is 16.1. The van der Waals surface area contributed by atoms with E-state index in [-0.39, 0.29) is 6.61 Å². The highest BCUT2D eigenvalue weighted by Crippen LogP contribution is 2.43. The minimum atomic E-state index is -0.394. The van der Waals surface area contributed by atoms with Crippen LogP contribution in [0.5, 0.6) is 11.5 Å². The maximum Gasteiger partial charge on any atom is 0.349 e. The minimum absolute atomic E-state index is 0.0976. The number of rotatable bonds is 5. The molecule has 0 N–H and O–H groups in total. The van der Waals surface area contributed by atoms with Crippen molar-refractivity contribution in [1.82, 2.24) is 0 Å². The molecule has 1 aliphatic rings. The molecule has 1 saturated heterocycles. The third-order valence-corrected chi connectivity index (χ3v) is 6.91. The number of thioether (sulfide) groups is 2. The molecule has 132 valence electrons. The van der Waals surface area contributed by atoms with Crippen molar-refractivity contribution in [3.05, 3.63) is 59.2 Å². The summed E-state index contributed by atoms with van der Waals surface area (Å²) in [5, 5.41) is 0. The van der Waals surface area contributed by atoms with Gasteiger partial charge in [-0.2, -0.15) is 0 Å². The molecule has 5 heteroatoms. The van der Waals surface area contributed by atoms with Gasteiger partial charge in [-0.05, 0) is 61.1 Å². The molecule has 0 atom stereocenters. The number of aryl methyl sites for hydroxylation is 2. The first-order chi connectivity index (χ1) is 12.1. The average molecular weight is 375 g/mol. The van der Waals surface area contributed by atoms with Crippen LogP contribution in [0, 0.1) is 13.8 Å². The molecule has 2 aromatic carbocycles. The van der Waals surface area contributed by atoms with Crippen LogP contribution in [-0.2, 0) is 4.79 Å². The molecule has 1 aliphatic heterocycles. The van der Waals surface area contributed by atoms with Gasteiger partial charge >= 0.3 is 5.97 Å². The Morgan fingerprint density at radius 1 is 1.08 bits per heavy atom. The van der Waals surface area contributed by atoms with Crippen LogP contribution in [0.1, 0.15) is 27.7 Å². The number of carbonyl (C=O) groups is 1. The lowest BCUT2D eigenvalue weighted by Crippen LogP contribution is -2.18. The van der Waals surface area contributed by atoms with Gasteiger partial charge in [-0.1, -0.05) is 29.8 Å². The van der Waals surface area contributed by atoms with Crippen LogP contribution in [0.2, 0.25) is 0 Å². The predicted molar refractivity (Wildman–Crippen MR) is 106 cm³/mol. The van der Waals surface area contributed by atoms with Crippen LogP contribution in [0.15, 0.2) is 42.5 Å². The monoisotopic (exact) mass is 374 g/mol. The molecule has 0 aliphatic carbocycles. The Labute approximate surface area is 157 Å². The second kappa shape index (κ2) is 8.68. The van der Waals surface area contributed by atoms with E-state index in [9.17, 15) is 4.79 Å². The first kappa shape index (κ1) is 18.2. The third kappa shape index (κ3) is 5.19. The maximum atomic E-state index is 12.0.